The molecule has 0 saturated heterocycles. The van der Waals surface area contributed by atoms with Gasteiger partial charge >= 0.3 is 0 Å². The fourth-order valence-electron chi connectivity index (χ4n) is 3.03. The molecule has 1 aromatic heterocycles. The van der Waals surface area contributed by atoms with Gasteiger partial charge in [0.2, 0.25) is 0 Å². The first kappa shape index (κ1) is 13.1. The Balaban J connectivity index is 1.94. The lowest BCUT2D eigenvalue weighted by atomic mass is 9.89. The maximum absolute atomic E-state index is 3.73. The van der Waals surface area contributed by atoms with Crippen LogP contribution in [0.25, 0.3) is 0 Å². The Labute approximate surface area is 110 Å². The first-order chi connectivity index (χ1) is 8.40. The molecule has 0 bridgehead atoms. The number of thiophene rings is 1. The lowest BCUT2D eigenvalue weighted by Gasteiger charge is -2.26. The van der Waals surface area contributed by atoms with Crippen molar-refractivity contribution < 1.29 is 0 Å². The molecule has 1 heterocycles. The van der Waals surface area contributed by atoms with Crippen LogP contribution in [0.15, 0.2) is 17.5 Å². The van der Waals surface area contributed by atoms with E-state index in [2.05, 4.69) is 29.8 Å². The van der Waals surface area contributed by atoms with Crippen molar-refractivity contribution in [3.63, 3.8) is 0 Å². The Morgan fingerprint density at radius 3 is 2.65 bits per heavy atom. The maximum Gasteiger partial charge on any atom is 0.0143 e. The molecule has 1 nitrogen and oxygen atoms in total. The molecule has 0 amide bonds. The molecule has 0 aliphatic heterocycles. The Morgan fingerprint density at radius 1 is 1.29 bits per heavy atom. The monoisotopic (exact) mass is 251 g/mol. The Bertz CT molecular complexity index is 286. The smallest absolute Gasteiger partial charge is 0.0143 e. The number of likely N-dealkylation sites (N-methyl/N-ethyl adjacent to an activating group) is 1. The predicted octanol–water partition coefficient (Wildman–Crippen LogP) is 4.24. The SMILES string of the molecule is CCNC(Cc1cccs1)C1CCCCCC1. The predicted molar refractivity (Wildman–Crippen MR) is 76.7 cm³/mol. The van der Waals surface area contributed by atoms with Gasteiger partial charge in [-0.05, 0) is 43.2 Å². The van der Waals surface area contributed by atoms with Crippen molar-refractivity contribution in [2.24, 2.45) is 5.92 Å². The Hall–Kier alpha value is -0.340. The Morgan fingerprint density at radius 2 is 2.06 bits per heavy atom. The van der Waals surface area contributed by atoms with Crippen LogP contribution in [0.2, 0.25) is 0 Å². The summed E-state index contributed by atoms with van der Waals surface area (Å²) in [4.78, 5) is 1.54. The van der Waals surface area contributed by atoms with E-state index in [0.717, 1.165) is 12.5 Å². The van der Waals surface area contributed by atoms with Crippen molar-refractivity contribution in [2.45, 2.75) is 57.9 Å². The molecule has 1 saturated carbocycles. The quantitative estimate of drug-likeness (QED) is 0.772. The summed E-state index contributed by atoms with van der Waals surface area (Å²) in [5, 5.41) is 5.92. The van der Waals surface area contributed by atoms with Crippen LogP contribution in [0.3, 0.4) is 0 Å². The van der Waals surface area contributed by atoms with Crippen LogP contribution in [0.1, 0.15) is 50.3 Å². The van der Waals surface area contributed by atoms with Crippen molar-refractivity contribution in [2.75, 3.05) is 6.54 Å². The summed E-state index contributed by atoms with van der Waals surface area (Å²) in [6, 6.07) is 5.17. The summed E-state index contributed by atoms with van der Waals surface area (Å²) >= 11 is 1.91. The van der Waals surface area contributed by atoms with E-state index in [0.29, 0.717) is 6.04 Å². The van der Waals surface area contributed by atoms with E-state index in [1.165, 1.54) is 44.9 Å². The van der Waals surface area contributed by atoms with Gasteiger partial charge < -0.3 is 5.32 Å². The summed E-state index contributed by atoms with van der Waals surface area (Å²) in [6.07, 6.45) is 9.89. The molecule has 2 rings (SSSR count). The highest BCUT2D eigenvalue weighted by Gasteiger charge is 2.22. The van der Waals surface area contributed by atoms with Crippen LogP contribution in [-0.2, 0) is 6.42 Å². The minimum atomic E-state index is 0.705. The molecule has 0 aromatic carbocycles. The van der Waals surface area contributed by atoms with Crippen LogP contribution in [0.5, 0.6) is 0 Å². The largest absolute Gasteiger partial charge is 0.314 e. The summed E-state index contributed by atoms with van der Waals surface area (Å²) in [6.45, 7) is 3.34. The van der Waals surface area contributed by atoms with Gasteiger partial charge in [-0.2, -0.15) is 0 Å². The zero-order valence-corrected chi connectivity index (χ0v) is 11.8. The van der Waals surface area contributed by atoms with E-state index in [4.69, 9.17) is 0 Å². The van der Waals surface area contributed by atoms with Crippen LogP contribution in [0.4, 0.5) is 0 Å². The average Bonchev–Trinajstić information content (AvgIpc) is 2.69. The minimum absolute atomic E-state index is 0.705. The Kier molecular flexibility index (Phi) is 5.53. The molecule has 1 N–H and O–H groups in total. The van der Waals surface area contributed by atoms with Crippen molar-refractivity contribution in [3.8, 4) is 0 Å². The number of nitrogens with one attached hydrogen (secondary N) is 1. The molecule has 2 heteroatoms. The fourth-order valence-corrected chi connectivity index (χ4v) is 3.79. The molecule has 96 valence electrons. The highest BCUT2D eigenvalue weighted by molar-refractivity contribution is 7.09. The minimum Gasteiger partial charge on any atom is -0.314 e. The average molecular weight is 251 g/mol. The summed E-state index contributed by atoms with van der Waals surface area (Å²) in [5.41, 5.74) is 0. The standard InChI is InChI=1S/C15H25NS/c1-2-16-15(12-14-10-7-11-17-14)13-8-5-3-4-6-9-13/h7,10-11,13,15-16H,2-6,8-9,12H2,1H3. The number of hydrogen-bond donors (Lipinski definition) is 1. The van der Waals surface area contributed by atoms with Crippen LogP contribution >= 0.6 is 11.3 Å². The molecule has 1 fully saturated rings. The molecular formula is C15H25NS. The zero-order chi connectivity index (χ0) is 11.9. The van der Waals surface area contributed by atoms with Gasteiger partial charge in [-0.1, -0.05) is 38.7 Å². The maximum atomic E-state index is 3.73. The van der Waals surface area contributed by atoms with Crippen LogP contribution in [0, 0.1) is 5.92 Å². The molecule has 1 atom stereocenters. The van der Waals surface area contributed by atoms with Gasteiger partial charge in [0.15, 0.2) is 0 Å². The third kappa shape index (κ3) is 4.11. The lowest BCUT2D eigenvalue weighted by molar-refractivity contribution is 0.323. The van der Waals surface area contributed by atoms with Crippen LogP contribution in [-0.4, -0.2) is 12.6 Å². The second-order valence-electron chi connectivity index (χ2n) is 5.20. The lowest BCUT2D eigenvalue weighted by Crippen LogP contribution is -2.37. The third-order valence-corrected chi connectivity index (χ3v) is 4.84. The second-order valence-corrected chi connectivity index (χ2v) is 6.23. The van der Waals surface area contributed by atoms with E-state index < -0.39 is 0 Å². The van der Waals surface area contributed by atoms with Gasteiger partial charge in [0.05, 0.1) is 0 Å². The first-order valence-corrected chi connectivity index (χ1v) is 8.04. The highest BCUT2D eigenvalue weighted by Crippen LogP contribution is 2.27. The van der Waals surface area contributed by atoms with Gasteiger partial charge in [-0.25, -0.2) is 0 Å². The second kappa shape index (κ2) is 7.17. The van der Waals surface area contributed by atoms with E-state index >= 15 is 0 Å². The van der Waals surface area contributed by atoms with Crippen molar-refractivity contribution in [1.82, 2.24) is 5.32 Å². The molecule has 1 aromatic rings. The van der Waals surface area contributed by atoms with Crippen LogP contribution < -0.4 is 5.32 Å². The highest BCUT2D eigenvalue weighted by atomic mass is 32.1. The number of hydrogen-bond acceptors (Lipinski definition) is 2. The fraction of sp³-hybridized carbons (Fsp3) is 0.733. The molecule has 1 aliphatic carbocycles. The molecule has 1 unspecified atom stereocenters. The summed E-state index contributed by atoms with van der Waals surface area (Å²) < 4.78 is 0. The number of rotatable bonds is 5. The van der Waals surface area contributed by atoms with Gasteiger partial charge in [-0.3, -0.25) is 0 Å². The molecule has 0 spiro atoms. The van der Waals surface area contributed by atoms with E-state index in [-0.39, 0.29) is 0 Å². The van der Waals surface area contributed by atoms with E-state index in [9.17, 15) is 0 Å². The topological polar surface area (TPSA) is 12.0 Å². The third-order valence-electron chi connectivity index (χ3n) is 3.94. The molecule has 0 radical (unpaired) electrons. The van der Waals surface area contributed by atoms with Crippen molar-refractivity contribution in [3.05, 3.63) is 22.4 Å². The van der Waals surface area contributed by atoms with Gasteiger partial charge in [0, 0.05) is 10.9 Å². The van der Waals surface area contributed by atoms with Gasteiger partial charge in [0.25, 0.3) is 0 Å². The van der Waals surface area contributed by atoms with Gasteiger partial charge in [0.1, 0.15) is 0 Å². The van der Waals surface area contributed by atoms with Gasteiger partial charge in [-0.15, -0.1) is 11.3 Å². The summed E-state index contributed by atoms with van der Waals surface area (Å²) in [5.74, 6) is 0.902. The molecule has 1 aliphatic rings. The van der Waals surface area contributed by atoms with Crippen molar-refractivity contribution in [1.29, 1.82) is 0 Å². The molecule has 17 heavy (non-hydrogen) atoms. The first-order valence-electron chi connectivity index (χ1n) is 7.16. The van der Waals surface area contributed by atoms with Crippen molar-refractivity contribution >= 4 is 11.3 Å². The van der Waals surface area contributed by atoms with E-state index in [1.807, 2.05) is 11.3 Å². The summed E-state index contributed by atoms with van der Waals surface area (Å²) in [7, 11) is 0. The normalized spacial score (nSPS) is 20.1. The van der Waals surface area contributed by atoms with E-state index in [1.54, 1.807) is 4.88 Å². The zero-order valence-electron chi connectivity index (χ0n) is 11.0. The molecular weight excluding hydrogens is 226 g/mol.